The van der Waals surface area contributed by atoms with E-state index in [1.165, 1.54) is 44.5 Å². The molecule has 0 bridgehead atoms. The van der Waals surface area contributed by atoms with Crippen molar-refractivity contribution in [1.29, 1.82) is 0 Å². The van der Waals surface area contributed by atoms with Crippen LogP contribution in [-0.4, -0.2) is 94.8 Å². The van der Waals surface area contributed by atoms with Gasteiger partial charge in [0.2, 0.25) is 17.7 Å². The summed E-state index contributed by atoms with van der Waals surface area (Å²) in [4.78, 5) is 68.4. The van der Waals surface area contributed by atoms with Gasteiger partial charge in [-0.05, 0) is 148 Å². The SMILES string of the molecule is CC(C)CC1C2=C(CCN1C(=O)[C@@H](CCC(N)=O)NC(=O)OC(C)(C)C)c1ccccc1C2.CC(C)CC1C2=C(CCN1C(=O)[C@@H](CCOCc1ccccc1)NC(=O)OC(C)(C)C)c1ccccc1C2. The van der Waals surface area contributed by atoms with Crippen LogP contribution in [0.5, 0.6) is 0 Å². The lowest BCUT2D eigenvalue weighted by atomic mass is 9.87. The number of alkyl carbamates (subject to hydrolysis) is 2. The van der Waals surface area contributed by atoms with Crippen LogP contribution in [0.15, 0.2) is 90.0 Å². The molecule has 3 aromatic rings. The molecule has 0 aromatic heterocycles. The van der Waals surface area contributed by atoms with Gasteiger partial charge in [-0.15, -0.1) is 0 Å². The summed E-state index contributed by atoms with van der Waals surface area (Å²) in [5.74, 6) is 0.0658. The Morgan fingerprint density at radius 3 is 1.46 bits per heavy atom. The fraction of sp³-hybridized carbons (Fsp3) is 0.534. The molecule has 2 heterocycles. The summed E-state index contributed by atoms with van der Waals surface area (Å²) >= 11 is 0. The number of ether oxygens (including phenoxy) is 3. The molecule has 2 unspecified atom stereocenters. The molecule has 0 saturated heterocycles. The Kier molecular flexibility index (Phi) is 18.4. The Hall–Kier alpha value is -5.95. The van der Waals surface area contributed by atoms with E-state index in [2.05, 4.69) is 86.9 Å². The van der Waals surface area contributed by atoms with Crippen LogP contribution in [0.2, 0.25) is 0 Å². The molecule has 0 radical (unpaired) electrons. The third kappa shape index (κ3) is 15.0. The van der Waals surface area contributed by atoms with E-state index in [-0.39, 0.29) is 36.7 Å². The molecule has 4 aliphatic rings. The number of hydrogen-bond donors (Lipinski definition) is 3. The van der Waals surface area contributed by atoms with E-state index in [9.17, 15) is 24.0 Å². The molecule has 0 saturated carbocycles. The minimum absolute atomic E-state index is 0.00821. The van der Waals surface area contributed by atoms with Gasteiger partial charge in [0.1, 0.15) is 23.3 Å². The van der Waals surface area contributed by atoms with Crippen LogP contribution in [0.3, 0.4) is 0 Å². The third-order valence-corrected chi connectivity index (χ3v) is 13.3. The largest absolute Gasteiger partial charge is 0.444 e. The van der Waals surface area contributed by atoms with Crippen LogP contribution in [0, 0.1) is 11.8 Å². The van der Waals surface area contributed by atoms with Gasteiger partial charge >= 0.3 is 12.2 Å². The lowest BCUT2D eigenvalue weighted by molar-refractivity contribution is -0.136. The molecule has 71 heavy (non-hydrogen) atoms. The smallest absolute Gasteiger partial charge is 0.408 e. The van der Waals surface area contributed by atoms with Crippen molar-refractivity contribution in [2.45, 2.75) is 169 Å². The van der Waals surface area contributed by atoms with Crippen molar-refractivity contribution in [2.24, 2.45) is 17.6 Å². The summed E-state index contributed by atoms with van der Waals surface area (Å²) in [5, 5.41) is 5.57. The number of hydrogen-bond acceptors (Lipinski definition) is 8. The molecule has 4 atom stereocenters. The Labute approximate surface area is 422 Å². The minimum Gasteiger partial charge on any atom is -0.444 e. The predicted molar refractivity (Wildman–Crippen MR) is 279 cm³/mol. The fourth-order valence-corrected chi connectivity index (χ4v) is 10.3. The number of rotatable bonds is 16. The Morgan fingerprint density at radius 2 is 1.04 bits per heavy atom. The molecular formula is C58H79N5O8. The van der Waals surface area contributed by atoms with Crippen LogP contribution in [0.1, 0.15) is 142 Å². The number of primary amides is 1. The van der Waals surface area contributed by atoms with E-state index in [1.807, 2.05) is 60.9 Å². The van der Waals surface area contributed by atoms with Gasteiger partial charge in [0.15, 0.2) is 0 Å². The number of amides is 5. The van der Waals surface area contributed by atoms with E-state index in [0.29, 0.717) is 44.6 Å². The Balaban J connectivity index is 0.000000235. The van der Waals surface area contributed by atoms with E-state index >= 15 is 0 Å². The van der Waals surface area contributed by atoms with Gasteiger partial charge in [-0.2, -0.15) is 0 Å². The second-order valence-corrected chi connectivity index (χ2v) is 22.3. The van der Waals surface area contributed by atoms with Gasteiger partial charge in [0.05, 0.1) is 18.7 Å². The standard InChI is InChI=1S/C32H42N2O4.C26H37N3O4/c1-22(2)19-29-27-20-24-13-9-10-14-25(24)26(27)15-17-34(29)30(35)28(33-31(36)38-32(3,4)5)16-18-37-21-23-11-7-6-8-12-23;1-16(2)14-22-20-15-17-8-6-7-9-18(17)19(20)12-13-29(22)24(31)21(10-11-23(27)30)28-25(32)33-26(3,4)5/h6-14,22,28-29H,15-21H2,1-5H3,(H,33,36);6-9,16,21-22H,10-15H2,1-5H3,(H2,27,30)(H,28,32)/t28-,29?;21-,22?/m11/s1. The van der Waals surface area contributed by atoms with Gasteiger partial charge in [-0.1, -0.05) is 107 Å². The number of fused-ring (bicyclic) bond motifs is 4. The van der Waals surface area contributed by atoms with Crippen LogP contribution in [-0.2, 0) is 48.0 Å². The fourth-order valence-electron chi connectivity index (χ4n) is 10.3. The van der Waals surface area contributed by atoms with Crippen molar-refractivity contribution < 1.29 is 38.2 Å². The average Bonchev–Trinajstić information content (AvgIpc) is 3.87. The maximum atomic E-state index is 14.1. The molecule has 5 amide bonds. The van der Waals surface area contributed by atoms with Crippen molar-refractivity contribution in [2.75, 3.05) is 19.7 Å². The normalized spacial score (nSPS) is 18.1. The number of nitrogens with one attached hydrogen (secondary N) is 2. The molecule has 384 valence electrons. The summed E-state index contributed by atoms with van der Waals surface area (Å²) < 4.78 is 16.8. The molecule has 0 fully saturated rings. The molecule has 13 nitrogen and oxygen atoms in total. The number of carbonyl (C=O) groups is 5. The molecule has 0 spiro atoms. The van der Waals surface area contributed by atoms with Crippen molar-refractivity contribution in [3.8, 4) is 0 Å². The zero-order valence-electron chi connectivity index (χ0n) is 43.9. The third-order valence-electron chi connectivity index (χ3n) is 13.3. The molecule has 4 N–H and O–H groups in total. The maximum absolute atomic E-state index is 14.1. The second-order valence-electron chi connectivity index (χ2n) is 22.3. The summed E-state index contributed by atoms with van der Waals surface area (Å²) in [7, 11) is 0. The Morgan fingerprint density at radius 1 is 0.620 bits per heavy atom. The van der Waals surface area contributed by atoms with Crippen LogP contribution in [0.4, 0.5) is 9.59 Å². The number of carbonyl (C=O) groups excluding carboxylic acids is 5. The van der Waals surface area contributed by atoms with Gasteiger partial charge in [-0.25, -0.2) is 9.59 Å². The highest BCUT2D eigenvalue weighted by atomic mass is 16.6. The topological polar surface area (TPSA) is 170 Å². The quantitative estimate of drug-likeness (QED) is 0.119. The zero-order chi connectivity index (χ0) is 51.6. The highest BCUT2D eigenvalue weighted by Gasteiger charge is 2.41. The number of nitrogens with two attached hydrogens (primary N) is 1. The van der Waals surface area contributed by atoms with Crippen LogP contribution < -0.4 is 16.4 Å². The highest BCUT2D eigenvalue weighted by molar-refractivity contribution is 5.90. The number of benzene rings is 3. The van der Waals surface area contributed by atoms with Gasteiger partial charge < -0.3 is 40.4 Å². The van der Waals surface area contributed by atoms with Gasteiger partial charge in [0.25, 0.3) is 0 Å². The van der Waals surface area contributed by atoms with Crippen molar-refractivity contribution >= 4 is 41.1 Å². The van der Waals surface area contributed by atoms with Crippen LogP contribution >= 0.6 is 0 Å². The van der Waals surface area contributed by atoms with Gasteiger partial charge in [-0.3, -0.25) is 14.4 Å². The molecule has 7 rings (SSSR count). The summed E-state index contributed by atoms with van der Waals surface area (Å²) in [5.41, 5.74) is 15.8. The van der Waals surface area contributed by atoms with Crippen molar-refractivity contribution in [3.05, 3.63) is 118 Å². The summed E-state index contributed by atoms with van der Waals surface area (Å²) in [6.07, 6.45) is 4.35. The molecule has 2 aliphatic heterocycles. The highest BCUT2D eigenvalue weighted by Crippen LogP contribution is 2.44. The van der Waals surface area contributed by atoms with Crippen LogP contribution in [0.25, 0.3) is 11.1 Å². The lowest BCUT2D eigenvalue weighted by Gasteiger charge is -2.40. The lowest BCUT2D eigenvalue weighted by Crippen LogP contribution is -2.55. The zero-order valence-corrected chi connectivity index (χ0v) is 43.9. The van der Waals surface area contributed by atoms with Gasteiger partial charge in [0, 0.05) is 32.5 Å². The van der Waals surface area contributed by atoms with E-state index in [4.69, 9.17) is 19.9 Å². The van der Waals surface area contributed by atoms with E-state index < -0.39 is 41.4 Å². The Bertz CT molecular complexity index is 2430. The first kappa shape index (κ1) is 54.4. The molecule has 3 aromatic carbocycles. The van der Waals surface area contributed by atoms with E-state index in [0.717, 1.165) is 44.1 Å². The first-order valence-corrected chi connectivity index (χ1v) is 25.7. The maximum Gasteiger partial charge on any atom is 0.408 e. The molecular weight excluding hydrogens is 895 g/mol. The average molecular weight is 974 g/mol. The molecule has 13 heteroatoms. The van der Waals surface area contributed by atoms with Crippen molar-refractivity contribution in [1.82, 2.24) is 20.4 Å². The second kappa shape index (κ2) is 24.0. The molecule has 2 aliphatic carbocycles. The first-order valence-electron chi connectivity index (χ1n) is 25.7. The van der Waals surface area contributed by atoms with Crippen molar-refractivity contribution in [3.63, 3.8) is 0 Å². The van der Waals surface area contributed by atoms with E-state index in [1.54, 1.807) is 20.8 Å². The minimum atomic E-state index is -0.868. The predicted octanol–water partition coefficient (Wildman–Crippen LogP) is 9.95. The first-order chi connectivity index (χ1) is 33.6. The monoisotopic (exact) mass is 974 g/mol. The summed E-state index contributed by atoms with van der Waals surface area (Å²) in [6, 6.07) is 25.4. The number of nitrogens with zero attached hydrogens (tertiary/aromatic N) is 2. The summed E-state index contributed by atoms with van der Waals surface area (Å²) in [6.45, 7) is 21.5.